The number of nitrogens with zero attached hydrogens (tertiary/aromatic N) is 4. The zero-order valence-electron chi connectivity index (χ0n) is 20.8. The Labute approximate surface area is 215 Å². The molecule has 3 aromatic heterocycles. The molecule has 36 heavy (non-hydrogen) atoms. The van der Waals surface area contributed by atoms with Gasteiger partial charge in [-0.2, -0.15) is 0 Å². The molecule has 0 radical (unpaired) electrons. The molecule has 1 aliphatic carbocycles. The lowest BCUT2D eigenvalue weighted by atomic mass is 9.85. The molecule has 1 amide bonds. The number of pyridine rings is 2. The first-order valence-corrected chi connectivity index (χ1v) is 12.8. The summed E-state index contributed by atoms with van der Waals surface area (Å²) in [6, 6.07) is 11.7. The van der Waals surface area contributed by atoms with Gasteiger partial charge in [0, 0.05) is 30.7 Å². The van der Waals surface area contributed by atoms with Gasteiger partial charge in [0.2, 0.25) is 0 Å². The number of nitrogens with one attached hydrogen (secondary N) is 1. The third kappa shape index (κ3) is 4.67. The van der Waals surface area contributed by atoms with Gasteiger partial charge in [0.15, 0.2) is 0 Å². The first-order chi connectivity index (χ1) is 17.3. The molecule has 0 aliphatic heterocycles. The van der Waals surface area contributed by atoms with E-state index in [-0.39, 0.29) is 17.6 Å². The van der Waals surface area contributed by atoms with Crippen molar-refractivity contribution in [2.45, 2.75) is 59.0 Å². The maximum atomic E-state index is 13.7. The Morgan fingerprint density at radius 1 is 1.03 bits per heavy atom. The van der Waals surface area contributed by atoms with E-state index < -0.39 is 0 Å². The minimum Gasteiger partial charge on any atom is -0.349 e. The van der Waals surface area contributed by atoms with Crippen LogP contribution in [0.15, 0.2) is 53.6 Å². The molecular weight excluding hydrogens is 474 g/mol. The Kier molecular flexibility index (Phi) is 6.67. The summed E-state index contributed by atoms with van der Waals surface area (Å²) in [4.78, 5) is 35.0. The van der Waals surface area contributed by atoms with E-state index >= 15 is 0 Å². The number of para-hydroxylation sites is 2. The second kappa shape index (κ2) is 9.90. The molecule has 1 aliphatic rings. The Bertz CT molecular complexity index is 1500. The third-order valence-electron chi connectivity index (χ3n) is 7.21. The Balaban J connectivity index is 1.33. The number of fused-ring (bicyclic) bond motifs is 1. The normalized spacial score (nSPS) is 17.9. The Hall–Kier alpha value is -3.45. The van der Waals surface area contributed by atoms with Crippen LogP contribution in [-0.4, -0.2) is 31.1 Å². The molecule has 4 aromatic rings. The van der Waals surface area contributed by atoms with Gasteiger partial charge in [0.1, 0.15) is 0 Å². The number of hydrogen-bond donors (Lipinski definition) is 1. The van der Waals surface area contributed by atoms with Crippen molar-refractivity contribution in [3.8, 4) is 5.69 Å². The summed E-state index contributed by atoms with van der Waals surface area (Å²) in [5.74, 6) is 0.234. The summed E-state index contributed by atoms with van der Waals surface area (Å²) >= 11 is 6.04. The number of imidazole rings is 1. The van der Waals surface area contributed by atoms with Gasteiger partial charge >= 0.3 is 5.69 Å². The fraction of sp³-hybridized carbons (Fsp3) is 0.357. The van der Waals surface area contributed by atoms with E-state index in [2.05, 4.69) is 15.3 Å². The molecule has 0 saturated heterocycles. The lowest BCUT2D eigenvalue weighted by molar-refractivity contribution is 0.0919. The average Bonchev–Trinajstić information content (AvgIpc) is 3.14. The van der Waals surface area contributed by atoms with Gasteiger partial charge in [-0.15, -0.1) is 0 Å². The minimum absolute atomic E-state index is 0.0238. The summed E-state index contributed by atoms with van der Waals surface area (Å²) in [5, 5.41) is 3.60. The molecule has 0 unspecified atom stereocenters. The number of carbonyl (C=O) groups excluding carboxylic acids is 1. The van der Waals surface area contributed by atoms with E-state index in [1.165, 1.54) is 0 Å². The highest BCUT2D eigenvalue weighted by molar-refractivity contribution is 6.30. The molecular formula is C28H30ClN5O2. The molecule has 1 saturated carbocycles. The number of carbonyl (C=O) groups is 1. The molecule has 1 aromatic carbocycles. The quantitative estimate of drug-likeness (QED) is 0.408. The Morgan fingerprint density at radius 3 is 2.50 bits per heavy atom. The lowest BCUT2D eigenvalue weighted by Crippen LogP contribution is -2.39. The number of amides is 1. The maximum absolute atomic E-state index is 13.7. The topological polar surface area (TPSA) is 81.8 Å². The summed E-state index contributed by atoms with van der Waals surface area (Å²) in [7, 11) is 0. The van der Waals surface area contributed by atoms with Crippen LogP contribution in [0.3, 0.4) is 0 Å². The summed E-state index contributed by atoms with van der Waals surface area (Å²) in [6.45, 7) is 6.39. The fourth-order valence-electron chi connectivity index (χ4n) is 5.22. The van der Waals surface area contributed by atoms with Crippen molar-refractivity contribution < 1.29 is 4.79 Å². The summed E-state index contributed by atoms with van der Waals surface area (Å²) in [5.41, 5.74) is 5.73. The van der Waals surface area contributed by atoms with E-state index in [1.54, 1.807) is 12.3 Å². The van der Waals surface area contributed by atoms with E-state index in [0.717, 1.165) is 53.7 Å². The van der Waals surface area contributed by atoms with E-state index in [4.69, 9.17) is 11.6 Å². The highest BCUT2D eigenvalue weighted by atomic mass is 35.5. The molecule has 1 fully saturated rings. The van der Waals surface area contributed by atoms with Crippen LogP contribution in [0.25, 0.3) is 16.7 Å². The molecule has 0 spiro atoms. The van der Waals surface area contributed by atoms with Crippen molar-refractivity contribution in [3.05, 3.63) is 86.8 Å². The van der Waals surface area contributed by atoms with Gasteiger partial charge in [-0.25, -0.2) is 4.79 Å². The van der Waals surface area contributed by atoms with Crippen LogP contribution >= 0.6 is 11.6 Å². The van der Waals surface area contributed by atoms with Gasteiger partial charge < -0.3 is 5.32 Å². The van der Waals surface area contributed by atoms with Crippen LogP contribution in [0.2, 0.25) is 5.02 Å². The van der Waals surface area contributed by atoms with Crippen LogP contribution in [-0.2, 0) is 6.54 Å². The first kappa shape index (κ1) is 24.3. The first-order valence-electron chi connectivity index (χ1n) is 12.4. The van der Waals surface area contributed by atoms with Crippen molar-refractivity contribution in [2.24, 2.45) is 5.92 Å². The SMILES string of the molecule is Cc1cc(-n2c(=O)n(C[C@H]3CC[C@H](NC(=O)c4cc(Cl)cnc4C)CC3)c3ccccc32)c(C)cn1. The molecule has 1 N–H and O–H groups in total. The average molecular weight is 504 g/mol. The van der Waals surface area contributed by atoms with Gasteiger partial charge in [0.25, 0.3) is 5.91 Å². The second-order valence-corrected chi connectivity index (χ2v) is 10.2. The van der Waals surface area contributed by atoms with Crippen LogP contribution in [0.4, 0.5) is 0 Å². The predicted molar refractivity (Wildman–Crippen MR) is 142 cm³/mol. The predicted octanol–water partition coefficient (Wildman–Crippen LogP) is 5.15. The number of aromatic nitrogens is 4. The molecule has 5 rings (SSSR count). The van der Waals surface area contributed by atoms with Gasteiger partial charge in [-0.1, -0.05) is 23.7 Å². The van der Waals surface area contributed by atoms with E-state index in [9.17, 15) is 9.59 Å². The monoisotopic (exact) mass is 503 g/mol. The Morgan fingerprint density at radius 2 is 1.75 bits per heavy atom. The third-order valence-corrected chi connectivity index (χ3v) is 7.42. The number of halogens is 1. The van der Waals surface area contributed by atoms with Gasteiger partial charge in [-0.3, -0.25) is 23.9 Å². The van der Waals surface area contributed by atoms with Crippen molar-refractivity contribution in [2.75, 3.05) is 0 Å². The summed E-state index contributed by atoms with van der Waals surface area (Å²) in [6.07, 6.45) is 7.00. The highest BCUT2D eigenvalue weighted by Gasteiger charge is 2.26. The maximum Gasteiger partial charge on any atom is 0.333 e. The van der Waals surface area contributed by atoms with E-state index in [1.807, 2.05) is 66.4 Å². The number of aryl methyl sites for hydroxylation is 3. The van der Waals surface area contributed by atoms with Gasteiger partial charge in [0.05, 0.1) is 33.0 Å². The van der Waals surface area contributed by atoms with Crippen LogP contribution in [0.1, 0.15) is 53.0 Å². The number of hydrogen-bond acceptors (Lipinski definition) is 4. The smallest absolute Gasteiger partial charge is 0.333 e. The van der Waals surface area contributed by atoms with Crippen molar-refractivity contribution >= 4 is 28.5 Å². The highest BCUT2D eigenvalue weighted by Crippen LogP contribution is 2.28. The van der Waals surface area contributed by atoms with Crippen LogP contribution in [0, 0.1) is 26.7 Å². The van der Waals surface area contributed by atoms with Crippen LogP contribution < -0.4 is 11.0 Å². The minimum atomic E-state index is -0.131. The van der Waals surface area contributed by atoms with Crippen molar-refractivity contribution in [3.63, 3.8) is 0 Å². The summed E-state index contributed by atoms with van der Waals surface area (Å²) < 4.78 is 3.72. The fourth-order valence-corrected chi connectivity index (χ4v) is 5.38. The largest absolute Gasteiger partial charge is 0.349 e. The van der Waals surface area contributed by atoms with Crippen LogP contribution in [0.5, 0.6) is 0 Å². The number of benzene rings is 1. The molecule has 0 bridgehead atoms. The number of rotatable bonds is 5. The molecule has 3 heterocycles. The van der Waals surface area contributed by atoms with Crippen molar-refractivity contribution in [1.82, 2.24) is 24.4 Å². The zero-order valence-corrected chi connectivity index (χ0v) is 21.5. The lowest BCUT2D eigenvalue weighted by Gasteiger charge is -2.29. The van der Waals surface area contributed by atoms with Crippen molar-refractivity contribution in [1.29, 1.82) is 0 Å². The van der Waals surface area contributed by atoms with Gasteiger partial charge in [-0.05, 0) is 82.2 Å². The zero-order chi connectivity index (χ0) is 25.4. The van der Waals surface area contributed by atoms with E-state index in [0.29, 0.717) is 28.7 Å². The standard InChI is InChI=1S/C28H30ClN5O2/c1-17-14-30-18(2)12-26(17)34-25-7-5-4-6-24(25)33(28(34)36)16-20-8-10-22(11-9-20)32-27(35)23-13-21(29)15-31-19(23)3/h4-7,12-15,20,22H,8-11,16H2,1-3H3,(H,32,35)/t20-,22-. The molecule has 186 valence electrons. The second-order valence-electron chi connectivity index (χ2n) is 9.81. The molecule has 0 atom stereocenters. The molecule has 7 nitrogen and oxygen atoms in total. The molecule has 8 heteroatoms.